The number of carbonyl (C=O) groups is 1. The van der Waals surface area contributed by atoms with Crippen LogP contribution in [0.5, 0.6) is 0 Å². The van der Waals surface area contributed by atoms with Crippen LogP contribution in [-0.4, -0.2) is 44.5 Å². The van der Waals surface area contributed by atoms with Crippen molar-refractivity contribution in [2.45, 2.75) is 32.3 Å². The number of likely N-dealkylation sites (tertiary alicyclic amines) is 1. The number of rotatable bonds is 1. The lowest BCUT2D eigenvalue weighted by atomic mass is 10.2. The molecular weight excluding hydrogens is 273 g/mol. The van der Waals surface area contributed by atoms with Crippen molar-refractivity contribution < 1.29 is 14.3 Å². The topological polar surface area (TPSA) is 57.8 Å². The van der Waals surface area contributed by atoms with Gasteiger partial charge in [-0.2, -0.15) is 4.39 Å². The Bertz CT molecular complexity index is 683. The van der Waals surface area contributed by atoms with Crippen molar-refractivity contribution >= 4 is 11.6 Å². The zero-order chi connectivity index (χ0) is 15.0. The number of halogens is 1. The van der Waals surface area contributed by atoms with E-state index in [4.69, 9.17) is 0 Å². The lowest BCUT2D eigenvalue weighted by Crippen LogP contribution is -2.33. The Kier molecular flexibility index (Phi) is 3.63. The molecule has 1 atom stereocenters. The van der Waals surface area contributed by atoms with E-state index in [1.54, 1.807) is 17.2 Å². The van der Waals surface area contributed by atoms with E-state index >= 15 is 0 Å². The number of aryl methyl sites for hydroxylation is 1. The molecule has 0 unspecified atom stereocenters. The number of imidazole rings is 1. The first-order chi connectivity index (χ1) is 10.1. The van der Waals surface area contributed by atoms with E-state index in [1.165, 1.54) is 4.40 Å². The summed E-state index contributed by atoms with van der Waals surface area (Å²) in [6.45, 7) is 2.82. The Hall–Kier alpha value is -1.95. The van der Waals surface area contributed by atoms with E-state index < -0.39 is 11.9 Å². The maximum atomic E-state index is 14.4. The molecule has 0 bridgehead atoms. The summed E-state index contributed by atoms with van der Waals surface area (Å²) in [6, 6.07) is 3.53. The minimum absolute atomic E-state index is 0.142. The average molecular weight is 291 g/mol. The van der Waals surface area contributed by atoms with Crippen molar-refractivity contribution in [3.63, 3.8) is 0 Å². The normalized spacial score (nSPS) is 19.8. The number of aliphatic hydroxyl groups is 1. The van der Waals surface area contributed by atoms with Gasteiger partial charge in [0, 0.05) is 19.3 Å². The summed E-state index contributed by atoms with van der Waals surface area (Å²) < 4.78 is 15.7. The summed E-state index contributed by atoms with van der Waals surface area (Å²) >= 11 is 0. The molecule has 1 aliphatic heterocycles. The van der Waals surface area contributed by atoms with Gasteiger partial charge >= 0.3 is 0 Å². The molecular formula is C15H18FN3O2. The van der Waals surface area contributed by atoms with Gasteiger partial charge in [-0.05, 0) is 37.8 Å². The first kappa shape index (κ1) is 14.0. The predicted molar refractivity (Wildman–Crippen MR) is 75.6 cm³/mol. The standard InChI is InChI=1S/C15H18FN3O2/c1-10-4-5-12-17-13(14(16)19(12)9-10)15(21)18-7-2-3-11(20)6-8-18/h4-5,9,11,20H,2-3,6-8H2,1H3/t11-/m1/s1. The van der Waals surface area contributed by atoms with E-state index in [0.717, 1.165) is 12.0 Å². The molecule has 3 heterocycles. The van der Waals surface area contributed by atoms with Gasteiger partial charge in [0.25, 0.3) is 5.91 Å². The average Bonchev–Trinajstić information content (AvgIpc) is 2.64. The Balaban J connectivity index is 1.92. The Morgan fingerprint density at radius 2 is 2.19 bits per heavy atom. The van der Waals surface area contributed by atoms with Crippen LogP contribution in [-0.2, 0) is 0 Å². The number of aliphatic hydroxyl groups excluding tert-OH is 1. The number of fused-ring (bicyclic) bond motifs is 1. The van der Waals surface area contributed by atoms with E-state index in [2.05, 4.69) is 4.98 Å². The third kappa shape index (κ3) is 2.63. The van der Waals surface area contributed by atoms with Gasteiger partial charge in [0.05, 0.1) is 6.10 Å². The van der Waals surface area contributed by atoms with Crippen LogP contribution in [0.1, 0.15) is 35.3 Å². The van der Waals surface area contributed by atoms with Crippen molar-refractivity contribution in [3.05, 3.63) is 35.5 Å². The molecule has 0 spiro atoms. The molecule has 6 heteroatoms. The number of pyridine rings is 1. The lowest BCUT2D eigenvalue weighted by molar-refractivity contribution is 0.0742. The molecule has 1 N–H and O–H groups in total. The van der Waals surface area contributed by atoms with Gasteiger partial charge in [-0.1, -0.05) is 6.07 Å². The second kappa shape index (κ2) is 5.44. The maximum absolute atomic E-state index is 14.4. The Morgan fingerprint density at radius 1 is 1.38 bits per heavy atom. The third-order valence-corrected chi connectivity index (χ3v) is 3.90. The fraction of sp³-hybridized carbons (Fsp3) is 0.467. The van der Waals surface area contributed by atoms with E-state index in [1.807, 2.05) is 13.0 Å². The van der Waals surface area contributed by atoms with Crippen LogP contribution in [0, 0.1) is 12.9 Å². The van der Waals surface area contributed by atoms with E-state index in [9.17, 15) is 14.3 Å². The maximum Gasteiger partial charge on any atom is 0.277 e. The number of amides is 1. The molecule has 0 saturated carbocycles. The van der Waals surface area contributed by atoms with Crippen LogP contribution >= 0.6 is 0 Å². The van der Waals surface area contributed by atoms with Crippen LogP contribution in [0.25, 0.3) is 5.65 Å². The zero-order valence-electron chi connectivity index (χ0n) is 11.9. The largest absolute Gasteiger partial charge is 0.393 e. The second-order valence-electron chi connectivity index (χ2n) is 5.56. The third-order valence-electron chi connectivity index (χ3n) is 3.90. The predicted octanol–water partition coefficient (Wildman–Crippen LogP) is 1.77. The summed E-state index contributed by atoms with van der Waals surface area (Å²) in [4.78, 5) is 18.2. The molecule has 0 radical (unpaired) electrons. The Morgan fingerprint density at radius 3 is 3.00 bits per heavy atom. The number of hydrogen-bond acceptors (Lipinski definition) is 3. The highest BCUT2D eigenvalue weighted by molar-refractivity contribution is 5.93. The summed E-state index contributed by atoms with van der Waals surface area (Å²) in [5.41, 5.74) is 1.18. The van der Waals surface area contributed by atoms with Crippen LogP contribution < -0.4 is 0 Å². The van der Waals surface area contributed by atoms with Gasteiger partial charge < -0.3 is 10.0 Å². The molecule has 1 fully saturated rings. The molecule has 1 saturated heterocycles. The van der Waals surface area contributed by atoms with Gasteiger partial charge in [0.2, 0.25) is 5.95 Å². The first-order valence-electron chi connectivity index (χ1n) is 7.18. The van der Waals surface area contributed by atoms with Crippen molar-refractivity contribution in [2.24, 2.45) is 0 Å². The molecule has 21 heavy (non-hydrogen) atoms. The SMILES string of the molecule is Cc1ccc2nc(C(=O)N3CCC[C@@H](O)CC3)c(F)n2c1. The van der Waals surface area contributed by atoms with Crippen molar-refractivity contribution in [1.29, 1.82) is 0 Å². The highest BCUT2D eigenvalue weighted by atomic mass is 19.1. The van der Waals surface area contributed by atoms with Crippen LogP contribution in [0.4, 0.5) is 4.39 Å². The first-order valence-corrected chi connectivity index (χ1v) is 7.18. The molecule has 0 aromatic carbocycles. The van der Waals surface area contributed by atoms with Gasteiger partial charge in [-0.3, -0.25) is 9.20 Å². The molecule has 0 aliphatic carbocycles. The molecule has 1 amide bonds. The van der Waals surface area contributed by atoms with Gasteiger partial charge in [0.15, 0.2) is 5.69 Å². The molecule has 3 rings (SSSR count). The van der Waals surface area contributed by atoms with Crippen molar-refractivity contribution in [1.82, 2.24) is 14.3 Å². The van der Waals surface area contributed by atoms with Gasteiger partial charge in [0.1, 0.15) is 5.65 Å². The number of carbonyl (C=O) groups excluding carboxylic acids is 1. The van der Waals surface area contributed by atoms with Crippen molar-refractivity contribution in [2.75, 3.05) is 13.1 Å². The molecule has 5 nitrogen and oxygen atoms in total. The van der Waals surface area contributed by atoms with Crippen LogP contribution in [0.15, 0.2) is 18.3 Å². The minimum Gasteiger partial charge on any atom is -0.393 e. The summed E-state index contributed by atoms with van der Waals surface area (Å²) in [5, 5.41) is 9.63. The molecule has 2 aromatic heterocycles. The van der Waals surface area contributed by atoms with Gasteiger partial charge in [-0.15, -0.1) is 0 Å². The highest BCUT2D eigenvalue weighted by Gasteiger charge is 2.26. The zero-order valence-corrected chi connectivity index (χ0v) is 11.9. The monoisotopic (exact) mass is 291 g/mol. The minimum atomic E-state index is -0.622. The summed E-state index contributed by atoms with van der Waals surface area (Å²) in [7, 11) is 0. The fourth-order valence-corrected chi connectivity index (χ4v) is 2.69. The number of nitrogens with zero attached hydrogens (tertiary/aromatic N) is 3. The Labute approximate surface area is 122 Å². The van der Waals surface area contributed by atoms with Crippen molar-refractivity contribution in [3.8, 4) is 0 Å². The number of aromatic nitrogens is 2. The second-order valence-corrected chi connectivity index (χ2v) is 5.56. The van der Waals surface area contributed by atoms with E-state index in [-0.39, 0.29) is 11.8 Å². The lowest BCUT2D eigenvalue weighted by Gasteiger charge is -2.18. The fourth-order valence-electron chi connectivity index (χ4n) is 2.69. The summed E-state index contributed by atoms with van der Waals surface area (Å²) in [5.74, 6) is -1.02. The molecule has 112 valence electrons. The number of hydrogen-bond donors (Lipinski definition) is 1. The quantitative estimate of drug-likeness (QED) is 0.871. The smallest absolute Gasteiger partial charge is 0.277 e. The van der Waals surface area contributed by atoms with Gasteiger partial charge in [-0.25, -0.2) is 4.98 Å². The highest BCUT2D eigenvalue weighted by Crippen LogP contribution is 2.17. The van der Waals surface area contributed by atoms with E-state index in [0.29, 0.717) is 31.6 Å². The molecule has 2 aromatic rings. The summed E-state index contributed by atoms with van der Waals surface area (Å²) in [6.07, 6.45) is 3.18. The van der Waals surface area contributed by atoms with Crippen LogP contribution in [0.3, 0.4) is 0 Å². The van der Waals surface area contributed by atoms with Crippen LogP contribution in [0.2, 0.25) is 0 Å². The molecule has 1 aliphatic rings.